The van der Waals surface area contributed by atoms with Gasteiger partial charge in [0.1, 0.15) is 0 Å². The van der Waals surface area contributed by atoms with Gasteiger partial charge in [-0.3, -0.25) is 4.79 Å². The molecule has 138 valence electrons. The first-order valence-corrected chi connectivity index (χ1v) is 8.90. The first kappa shape index (κ1) is 19.0. The Morgan fingerprint density at radius 3 is 2.32 bits per heavy atom. The summed E-state index contributed by atoms with van der Waals surface area (Å²) in [7, 11) is 0. The van der Waals surface area contributed by atoms with Crippen LogP contribution < -0.4 is 10.2 Å². The van der Waals surface area contributed by atoms with E-state index >= 15 is 0 Å². The van der Waals surface area contributed by atoms with Gasteiger partial charge in [-0.05, 0) is 31.9 Å². The number of hydrogen-bond acceptors (Lipinski definition) is 6. The predicted molar refractivity (Wildman–Crippen MR) is 95.5 cm³/mol. The minimum Gasteiger partial charge on any atom is -0.450 e. The molecule has 8 heteroatoms. The molecule has 0 aromatic carbocycles. The average Bonchev–Trinajstić information content (AvgIpc) is 2.64. The summed E-state index contributed by atoms with van der Waals surface area (Å²) in [5.41, 5.74) is 0. The van der Waals surface area contributed by atoms with Crippen molar-refractivity contribution in [2.75, 3.05) is 43.0 Å². The van der Waals surface area contributed by atoms with Crippen molar-refractivity contribution in [3.8, 4) is 0 Å². The molecule has 0 unspecified atom stereocenters. The van der Waals surface area contributed by atoms with Crippen molar-refractivity contribution in [3.05, 3.63) is 12.1 Å². The fraction of sp³-hybridized carbons (Fsp3) is 0.647. The molecule has 1 fully saturated rings. The van der Waals surface area contributed by atoms with Gasteiger partial charge in [-0.15, -0.1) is 10.2 Å². The lowest BCUT2D eigenvalue weighted by atomic mass is 10.0. The van der Waals surface area contributed by atoms with Gasteiger partial charge < -0.3 is 19.9 Å². The molecule has 2 heterocycles. The van der Waals surface area contributed by atoms with Crippen LogP contribution in [0.3, 0.4) is 0 Å². The third kappa shape index (κ3) is 5.04. The van der Waals surface area contributed by atoms with E-state index in [0.717, 1.165) is 18.7 Å². The van der Waals surface area contributed by atoms with Crippen molar-refractivity contribution in [2.45, 2.75) is 33.6 Å². The number of nitrogens with zero attached hydrogens (tertiary/aromatic N) is 4. The largest absolute Gasteiger partial charge is 0.450 e. The molecule has 0 spiro atoms. The quantitative estimate of drug-likeness (QED) is 0.846. The second-order valence-electron chi connectivity index (χ2n) is 5.95. The Morgan fingerprint density at radius 2 is 1.80 bits per heavy atom. The first-order valence-electron chi connectivity index (χ1n) is 8.90. The van der Waals surface area contributed by atoms with Gasteiger partial charge in [-0.25, -0.2) is 4.79 Å². The minimum atomic E-state index is -0.271. The number of ether oxygens (including phenoxy) is 1. The van der Waals surface area contributed by atoms with Crippen LogP contribution in [0.5, 0.6) is 0 Å². The fourth-order valence-corrected chi connectivity index (χ4v) is 2.78. The Bertz CT molecular complexity index is 566. The van der Waals surface area contributed by atoms with E-state index in [4.69, 9.17) is 4.74 Å². The number of nitrogens with one attached hydrogen (secondary N) is 1. The molecular formula is C17H27N5O3. The van der Waals surface area contributed by atoms with E-state index in [1.165, 1.54) is 0 Å². The molecule has 1 aliphatic heterocycles. The number of hydrogen-bond donors (Lipinski definition) is 1. The first-order chi connectivity index (χ1) is 12.1. The van der Waals surface area contributed by atoms with Crippen LogP contribution >= 0.6 is 0 Å². The van der Waals surface area contributed by atoms with E-state index in [9.17, 15) is 9.59 Å². The second kappa shape index (κ2) is 9.19. The SMILES string of the molecule is CCOC(=O)N1CCN(c2ccc(NC(=O)C(CC)CC)nn2)CC1. The molecule has 1 aliphatic rings. The van der Waals surface area contributed by atoms with Crippen LogP contribution in [-0.4, -0.2) is 59.9 Å². The van der Waals surface area contributed by atoms with Crippen molar-refractivity contribution < 1.29 is 14.3 Å². The van der Waals surface area contributed by atoms with Crippen molar-refractivity contribution in [2.24, 2.45) is 5.92 Å². The normalized spacial score (nSPS) is 14.6. The molecule has 2 amide bonds. The van der Waals surface area contributed by atoms with E-state index in [-0.39, 0.29) is 17.9 Å². The summed E-state index contributed by atoms with van der Waals surface area (Å²) in [5, 5.41) is 11.1. The van der Waals surface area contributed by atoms with Crippen LogP contribution in [0.25, 0.3) is 0 Å². The zero-order valence-corrected chi connectivity index (χ0v) is 15.2. The van der Waals surface area contributed by atoms with Crippen molar-refractivity contribution in [3.63, 3.8) is 0 Å². The molecule has 1 aromatic heterocycles. The van der Waals surface area contributed by atoms with Gasteiger partial charge >= 0.3 is 6.09 Å². The number of rotatable bonds is 6. The number of piperazine rings is 1. The van der Waals surface area contributed by atoms with Gasteiger partial charge in [0.25, 0.3) is 0 Å². The smallest absolute Gasteiger partial charge is 0.409 e. The Morgan fingerprint density at radius 1 is 1.12 bits per heavy atom. The summed E-state index contributed by atoms with van der Waals surface area (Å²) in [6, 6.07) is 3.61. The maximum atomic E-state index is 12.1. The highest BCUT2D eigenvalue weighted by atomic mass is 16.6. The monoisotopic (exact) mass is 349 g/mol. The van der Waals surface area contributed by atoms with Crippen LogP contribution in [0, 0.1) is 5.92 Å². The molecule has 0 aliphatic carbocycles. The summed E-state index contributed by atoms with van der Waals surface area (Å²) in [4.78, 5) is 27.5. The highest BCUT2D eigenvalue weighted by Crippen LogP contribution is 2.16. The molecule has 1 aromatic rings. The molecule has 1 N–H and O–H groups in total. The predicted octanol–water partition coefficient (Wildman–Crippen LogP) is 2.13. The minimum absolute atomic E-state index is 0.00238. The van der Waals surface area contributed by atoms with Gasteiger partial charge in [0, 0.05) is 32.1 Å². The zero-order valence-electron chi connectivity index (χ0n) is 15.2. The molecule has 1 saturated heterocycles. The molecular weight excluding hydrogens is 322 g/mol. The van der Waals surface area contributed by atoms with Crippen molar-refractivity contribution in [1.82, 2.24) is 15.1 Å². The Labute approximate surface area is 148 Å². The Hall–Kier alpha value is -2.38. The van der Waals surface area contributed by atoms with E-state index in [1.807, 2.05) is 19.9 Å². The average molecular weight is 349 g/mol. The third-order valence-corrected chi connectivity index (χ3v) is 4.39. The van der Waals surface area contributed by atoms with Crippen LogP contribution in [0.4, 0.5) is 16.4 Å². The van der Waals surface area contributed by atoms with E-state index in [2.05, 4.69) is 20.4 Å². The molecule has 0 bridgehead atoms. The molecule has 8 nitrogen and oxygen atoms in total. The van der Waals surface area contributed by atoms with Crippen LogP contribution in [0.2, 0.25) is 0 Å². The lowest BCUT2D eigenvalue weighted by Crippen LogP contribution is -2.49. The number of amides is 2. The summed E-state index contributed by atoms with van der Waals surface area (Å²) < 4.78 is 5.01. The standard InChI is InChI=1S/C17H27N5O3/c1-4-13(5-2)16(23)18-14-7-8-15(20-19-14)21-9-11-22(12-10-21)17(24)25-6-3/h7-8,13H,4-6,9-12H2,1-3H3,(H,18,19,23). The lowest BCUT2D eigenvalue weighted by Gasteiger charge is -2.34. The van der Waals surface area contributed by atoms with Gasteiger partial charge in [0.2, 0.25) is 5.91 Å². The highest BCUT2D eigenvalue weighted by Gasteiger charge is 2.23. The van der Waals surface area contributed by atoms with Gasteiger partial charge in [-0.2, -0.15) is 0 Å². The highest BCUT2D eigenvalue weighted by molar-refractivity contribution is 5.91. The Kier molecular flexibility index (Phi) is 6.97. The summed E-state index contributed by atoms with van der Waals surface area (Å²) >= 11 is 0. The number of anilines is 2. The van der Waals surface area contributed by atoms with Gasteiger partial charge in [0.05, 0.1) is 6.61 Å². The summed E-state index contributed by atoms with van der Waals surface area (Å²) in [6.07, 6.45) is 1.34. The van der Waals surface area contributed by atoms with Crippen molar-refractivity contribution >= 4 is 23.6 Å². The van der Waals surface area contributed by atoms with Gasteiger partial charge in [-0.1, -0.05) is 13.8 Å². The summed E-state index contributed by atoms with van der Waals surface area (Å²) in [5.74, 6) is 1.18. The molecule has 25 heavy (non-hydrogen) atoms. The summed E-state index contributed by atoms with van der Waals surface area (Å²) in [6.45, 7) is 8.71. The molecule has 0 atom stereocenters. The number of carbonyl (C=O) groups excluding carboxylic acids is 2. The topological polar surface area (TPSA) is 87.7 Å². The van der Waals surface area contributed by atoms with Crippen molar-refractivity contribution in [1.29, 1.82) is 0 Å². The molecule has 0 radical (unpaired) electrons. The van der Waals surface area contributed by atoms with E-state index in [1.54, 1.807) is 17.9 Å². The fourth-order valence-electron chi connectivity index (χ4n) is 2.78. The number of aromatic nitrogens is 2. The third-order valence-electron chi connectivity index (χ3n) is 4.39. The maximum Gasteiger partial charge on any atom is 0.409 e. The van der Waals surface area contributed by atoms with E-state index < -0.39 is 0 Å². The van der Waals surface area contributed by atoms with Crippen LogP contribution in [-0.2, 0) is 9.53 Å². The number of carbonyl (C=O) groups is 2. The van der Waals surface area contributed by atoms with Gasteiger partial charge in [0.15, 0.2) is 11.6 Å². The van der Waals surface area contributed by atoms with Crippen LogP contribution in [0.15, 0.2) is 12.1 Å². The second-order valence-corrected chi connectivity index (χ2v) is 5.95. The van der Waals surface area contributed by atoms with Crippen LogP contribution in [0.1, 0.15) is 33.6 Å². The maximum absolute atomic E-state index is 12.1. The van der Waals surface area contributed by atoms with E-state index in [0.29, 0.717) is 38.6 Å². The Balaban J connectivity index is 1.88. The molecule has 0 saturated carbocycles. The zero-order chi connectivity index (χ0) is 18.2. The lowest BCUT2D eigenvalue weighted by molar-refractivity contribution is -0.120. The molecule has 2 rings (SSSR count).